The summed E-state index contributed by atoms with van der Waals surface area (Å²) in [6, 6.07) is 7.53. The Balaban J connectivity index is 1.88. The minimum atomic E-state index is -0.185. The Morgan fingerprint density at radius 3 is 1.68 bits per heavy atom. The van der Waals surface area contributed by atoms with Crippen molar-refractivity contribution in [1.29, 1.82) is 0 Å². The number of hydrogen-bond acceptors (Lipinski definition) is 6. The Bertz CT molecular complexity index is 722. The zero-order valence-corrected chi connectivity index (χ0v) is 14.2. The summed E-state index contributed by atoms with van der Waals surface area (Å²) in [7, 11) is 0. The van der Waals surface area contributed by atoms with E-state index >= 15 is 0 Å². The van der Waals surface area contributed by atoms with Crippen LogP contribution in [0.3, 0.4) is 0 Å². The lowest BCUT2D eigenvalue weighted by Crippen LogP contribution is -2.17. The lowest BCUT2D eigenvalue weighted by atomic mass is 10.1. The summed E-state index contributed by atoms with van der Waals surface area (Å²) in [6.45, 7) is 0. The lowest BCUT2D eigenvalue weighted by Gasteiger charge is -1.99. The summed E-state index contributed by atoms with van der Waals surface area (Å²) < 4.78 is 0.920. The molecule has 2 heterocycles. The SMILES string of the molecule is O=C1NC(=S)S/C1=C\c1cccc(/C=C2\SC(=S)NC2=O)c1. The molecule has 0 radical (unpaired) electrons. The Hall–Kier alpha value is -1.48. The minimum Gasteiger partial charge on any atom is -0.307 e. The number of thiocarbonyl (C=S) groups is 2. The standard InChI is InChI=1S/C14H8N2O2S4/c17-11-9(21-13(19)15-11)5-7-2-1-3-8(4-7)6-10-12(18)16-14(20)22-10/h1-6H,(H,15,17,19)(H,16,18,20)/b9-5-,10-6-. The van der Waals surface area contributed by atoms with E-state index < -0.39 is 0 Å². The van der Waals surface area contributed by atoms with Gasteiger partial charge in [-0.25, -0.2) is 0 Å². The van der Waals surface area contributed by atoms with Gasteiger partial charge in [-0.2, -0.15) is 0 Å². The van der Waals surface area contributed by atoms with Crippen LogP contribution in [0.4, 0.5) is 0 Å². The average molecular weight is 364 g/mol. The molecule has 2 aliphatic heterocycles. The van der Waals surface area contributed by atoms with Gasteiger partial charge in [0.2, 0.25) is 0 Å². The van der Waals surface area contributed by atoms with Crippen LogP contribution >= 0.6 is 48.0 Å². The predicted molar refractivity (Wildman–Crippen MR) is 99.1 cm³/mol. The number of benzene rings is 1. The molecule has 2 fully saturated rings. The van der Waals surface area contributed by atoms with Gasteiger partial charge in [-0.3, -0.25) is 9.59 Å². The first-order valence-electron chi connectivity index (χ1n) is 6.11. The van der Waals surface area contributed by atoms with Crippen LogP contribution in [-0.4, -0.2) is 20.5 Å². The monoisotopic (exact) mass is 364 g/mol. The third kappa shape index (κ3) is 3.46. The van der Waals surface area contributed by atoms with Crippen LogP contribution < -0.4 is 10.6 Å². The quantitative estimate of drug-likeness (QED) is 0.622. The van der Waals surface area contributed by atoms with Gasteiger partial charge in [0.1, 0.15) is 8.64 Å². The molecule has 22 heavy (non-hydrogen) atoms. The normalized spacial score (nSPS) is 21.6. The van der Waals surface area contributed by atoms with E-state index in [0.717, 1.165) is 11.1 Å². The second kappa shape index (κ2) is 6.33. The highest BCUT2D eigenvalue weighted by molar-refractivity contribution is 8.27. The molecular weight excluding hydrogens is 356 g/mol. The highest BCUT2D eigenvalue weighted by atomic mass is 32.2. The van der Waals surface area contributed by atoms with Crippen LogP contribution in [0.25, 0.3) is 12.2 Å². The van der Waals surface area contributed by atoms with Gasteiger partial charge in [-0.1, -0.05) is 66.2 Å². The van der Waals surface area contributed by atoms with Gasteiger partial charge in [-0.05, 0) is 29.3 Å². The van der Waals surface area contributed by atoms with Crippen molar-refractivity contribution in [3.63, 3.8) is 0 Å². The minimum absolute atomic E-state index is 0.185. The average Bonchev–Trinajstić information content (AvgIpc) is 2.92. The molecule has 0 bridgehead atoms. The van der Waals surface area contributed by atoms with Crippen LogP contribution in [0.15, 0.2) is 34.1 Å². The van der Waals surface area contributed by atoms with Gasteiger partial charge in [0.15, 0.2) is 0 Å². The van der Waals surface area contributed by atoms with E-state index in [1.165, 1.54) is 23.5 Å². The van der Waals surface area contributed by atoms with Gasteiger partial charge >= 0.3 is 0 Å². The molecule has 2 saturated heterocycles. The summed E-state index contributed by atoms with van der Waals surface area (Å²) in [5.41, 5.74) is 1.73. The van der Waals surface area contributed by atoms with E-state index in [0.29, 0.717) is 18.5 Å². The van der Waals surface area contributed by atoms with Crippen molar-refractivity contribution >= 4 is 80.6 Å². The number of carbonyl (C=O) groups excluding carboxylic acids is 2. The molecule has 2 amide bonds. The van der Waals surface area contributed by atoms with Crippen molar-refractivity contribution < 1.29 is 9.59 Å². The Morgan fingerprint density at radius 1 is 0.864 bits per heavy atom. The highest BCUT2D eigenvalue weighted by Crippen LogP contribution is 2.28. The fraction of sp³-hybridized carbons (Fsp3) is 0. The van der Waals surface area contributed by atoms with Crippen LogP contribution in [0.2, 0.25) is 0 Å². The smallest absolute Gasteiger partial charge is 0.263 e. The first-order chi connectivity index (χ1) is 10.5. The fourth-order valence-electron chi connectivity index (χ4n) is 1.88. The molecule has 0 unspecified atom stereocenters. The second-order valence-corrected chi connectivity index (χ2v) is 7.81. The van der Waals surface area contributed by atoms with Crippen LogP contribution in [0.1, 0.15) is 11.1 Å². The molecule has 2 aliphatic rings. The molecule has 110 valence electrons. The van der Waals surface area contributed by atoms with Gasteiger partial charge < -0.3 is 10.6 Å². The second-order valence-electron chi connectivity index (χ2n) is 4.37. The summed E-state index contributed by atoms with van der Waals surface area (Å²) in [5.74, 6) is -0.371. The van der Waals surface area contributed by atoms with E-state index in [2.05, 4.69) is 10.6 Å². The third-order valence-corrected chi connectivity index (χ3v) is 5.12. The van der Waals surface area contributed by atoms with Crippen LogP contribution in [-0.2, 0) is 9.59 Å². The van der Waals surface area contributed by atoms with Gasteiger partial charge in [0.25, 0.3) is 11.8 Å². The van der Waals surface area contributed by atoms with Gasteiger partial charge in [-0.15, -0.1) is 0 Å². The molecule has 0 atom stereocenters. The molecule has 4 nitrogen and oxygen atoms in total. The number of thioether (sulfide) groups is 2. The van der Waals surface area contributed by atoms with E-state index in [1.807, 2.05) is 24.3 Å². The maximum atomic E-state index is 11.7. The van der Waals surface area contributed by atoms with Gasteiger partial charge in [0, 0.05) is 0 Å². The molecule has 1 aromatic carbocycles. The molecule has 0 aliphatic carbocycles. The van der Waals surface area contributed by atoms with E-state index in [1.54, 1.807) is 12.2 Å². The molecule has 1 aromatic rings. The number of rotatable bonds is 2. The number of carbonyl (C=O) groups is 2. The molecule has 8 heteroatoms. The van der Waals surface area contributed by atoms with Gasteiger partial charge in [0.05, 0.1) is 9.81 Å². The van der Waals surface area contributed by atoms with Crippen molar-refractivity contribution in [2.45, 2.75) is 0 Å². The zero-order valence-electron chi connectivity index (χ0n) is 10.9. The van der Waals surface area contributed by atoms with Crippen molar-refractivity contribution in [2.24, 2.45) is 0 Å². The molecule has 0 spiro atoms. The van der Waals surface area contributed by atoms with Crippen molar-refractivity contribution in [3.05, 3.63) is 45.2 Å². The summed E-state index contributed by atoms with van der Waals surface area (Å²) >= 11 is 12.4. The summed E-state index contributed by atoms with van der Waals surface area (Å²) in [4.78, 5) is 24.4. The maximum Gasteiger partial charge on any atom is 0.263 e. The Kier molecular flexibility index (Phi) is 4.44. The first kappa shape index (κ1) is 15.4. The zero-order chi connectivity index (χ0) is 15.7. The molecule has 2 N–H and O–H groups in total. The predicted octanol–water partition coefficient (Wildman–Crippen LogP) is 2.66. The van der Waals surface area contributed by atoms with E-state index in [-0.39, 0.29) is 11.8 Å². The molecular formula is C14H8N2O2S4. The summed E-state index contributed by atoms with van der Waals surface area (Å²) in [6.07, 6.45) is 3.54. The highest BCUT2D eigenvalue weighted by Gasteiger charge is 2.23. The number of hydrogen-bond donors (Lipinski definition) is 2. The number of nitrogens with one attached hydrogen (secondary N) is 2. The van der Waals surface area contributed by atoms with Crippen molar-refractivity contribution in [1.82, 2.24) is 10.6 Å². The first-order valence-corrected chi connectivity index (χ1v) is 8.56. The summed E-state index contributed by atoms with van der Waals surface area (Å²) in [5, 5.41) is 5.15. The van der Waals surface area contributed by atoms with E-state index in [9.17, 15) is 9.59 Å². The molecule has 0 saturated carbocycles. The lowest BCUT2D eigenvalue weighted by molar-refractivity contribution is -0.116. The van der Waals surface area contributed by atoms with Crippen LogP contribution in [0, 0.1) is 0 Å². The van der Waals surface area contributed by atoms with Crippen molar-refractivity contribution in [2.75, 3.05) is 0 Å². The Labute approximate surface area is 145 Å². The Morgan fingerprint density at radius 2 is 1.32 bits per heavy atom. The topological polar surface area (TPSA) is 58.2 Å². The largest absolute Gasteiger partial charge is 0.307 e. The maximum absolute atomic E-state index is 11.7. The molecule has 0 aromatic heterocycles. The van der Waals surface area contributed by atoms with Crippen LogP contribution in [0.5, 0.6) is 0 Å². The van der Waals surface area contributed by atoms with E-state index in [4.69, 9.17) is 24.4 Å². The number of amides is 2. The molecule has 3 rings (SSSR count). The third-order valence-electron chi connectivity index (χ3n) is 2.79. The van der Waals surface area contributed by atoms with Crippen molar-refractivity contribution in [3.8, 4) is 0 Å². The fourth-order valence-corrected chi connectivity index (χ4v) is 3.97.